The molecule has 132 valence electrons. The van der Waals surface area contributed by atoms with E-state index in [0.29, 0.717) is 26.1 Å². The van der Waals surface area contributed by atoms with Gasteiger partial charge in [-0.3, -0.25) is 0 Å². The molecule has 1 fully saturated rings. The van der Waals surface area contributed by atoms with Crippen LogP contribution in [0.25, 0.3) is 11.1 Å². The molecular formula is C20H23NO3S. The van der Waals surface area contributed by atoms with Gasteiger partial charge in [0.25, 0.3) is 0 Å². The fourth-order valence-corrected chi connectivity index (χ4v) is 5.56. The first-order chi connectivity index (χ1) is 12.0. The third kappa shape index (κ3) is 2.85. The van der Waals surface area contributed by atoms with E-state index in [-0.39, 0.29) is 11.2 Å². The number of rotatable bonds is 4. The van der Waals surface area contributed by atoms with Gasteiger partial charge in [0.2, 0.25) is 10.0 Å². The van der Waals surface area contributed by atoms with Gasteiger partial charge in [-0.05, 0) is 36.1 Å². The van der Waals surface area contributed by atoms with E-state index in [1.807, 2.05) is 31.2 Å². The van der Waals surface area contributed by atoms with Crippen LogP contribution in [-0.2, 0) is 15.4 Å². The van der Waals surface area contributed by atoms with Gasteiger partial charge in [0, 0.05) is 24.1 Å². The standard InChI is InChI=1S/C20H23NO3S/c1-2-12-25(22,23)21-11-10-20(14-21)15-24-19-9-8-17(13-18(19)20)16-6-4-3-5-7-16/h3-9,13H,2,10-12,14-15H2,1H3/t20-/m1/s1. The number of nitrogens with zero attached hydrogens (tertiary/aromatic N) is 1. The summed E-state index contributed by atoms with van der Waals surface area (Å²) in [5.41, 5.74) is 3.27. The molecule has 2 aromatic carbocycles. The topological polar surface area (TPSA) is 46.6 Å². The molecule has 0 N–H and O–H groups in total. The van der Waals surface area contributed by atoms with Crippen LogP contribution in [0.2, 0.25) is 0 Å². The van der Waals surface area contributed by atoms with E-state index in [1.165, 1.54) is 5.56 Å². The molecule has 0 aliphatic carbocycles. The van der Waals surface area contributed by atoms with Crippen molar-refractivity contribution in [1.82, 2.24) is 4.31 Å². The first kappa shape index (κ1) is 16.6. The molecule has 0 radical (unpaired) electrons. The first-order valence-corrected chi connectivity index (χ1v) is 10.5. The zero-order valence-corrected chi connectivity index (χ0v) is 15.3. The molecule has 1 saturated heterocycles. The predicted molar refractivity (Wildman–Crippen MR) is 99.3 cm³/mol. The zero-order valence-electron chi connectivity index (χ0n) is 14.4. The average Bonchev–Trinajstić information content (AvgIpc) is 3.22. The van der Waals surface area contributed by atoms with Gasteiger partial charge in [-0.1, -0.05) is 43.3 Å². The maximum atomic E-state index is 12.5. The highest BCUT2D eigenvalue weighted by molar-refractivity contribution is 7.89. The average molecular weight is 357 g/mol. The van der Waals surface area contributed by atoms with Gasteiger partial charge < -0.3 is 4.74 Å². The Morgan fingerprint density at radius 1 is 1.12 bits per heavy atom. The molecular weight excluding hydrogens is 334 g/mol. The Hall–Kier alpha value is -1.85. The van der Waals surface area contributed by atoms with E-state index < -0.39 is 10.0 Å². The van der Waals surface area contributed by atoms with Gasteiger partial charge >= 0.3 is 0 Å². The van der Waals surface area contributed by atoms with Crippen molar-refractivity contribution in [3.8, 4) is 16.9 Å². The lowest BCUT2D eigenvalue weighted by molar-refractivity contribution is 0.271. The fraction of sp³-hybridized carbons (Fsp3) is 0.400. The third-order valence-electron chi connectivity index (χ3n) is 5.34. The Morgan fingerprint density at radius 3 is 2.68 bits per heavy atom. The fourth-order valence-electron chi connectivity index (χ4n) is 3.97. The molecule has 0 saturated carbocycles. The number of benzene rings is 2. The van der Waals surface area contributed by atoms with Crippen molar-refractivity contribution < 1.29 is 13.2 Å². The van der Waals surface area contributed by atoms with Gasteiger partial charge in [-0.25, -0.2) is 12.7 Å². The summed E-state index contributed by atoms with van der Waals surface area (Å²) in [6.07, 6.45) is 1.47. The van der Waals surface area contributed by atoms with Crippen molar-refractivity contribution in [2.45, 2.75) is 25.2 Å². The number of hydrogen-bond acceptors (Lipinski definition) is 3. The van der Waals surface area contributed by atoms with Crippen LogP contribution < -0.4 is 4.74 Å². The van der Waals surface area contributed by atoms with Crippen LogP contribution >= 0.6 is 0 Å². The maximum Gasteiger partial charge on any atom is 0.214 e. The van der Waals surface area contributed by atoms with Crippen LogP contribution in [0.3, 0.4) is 0 Å². The minimum absolute atomic E-state index is 0.207. The summed E-state index contributed by atoms with van der Waals surface area (Å²) in [7, 11) is -3.16. The highest BCUT2D eigenvalue weighted by atomic mass is 32.2. The van der Waals surface area contributed by atoms with Gasteiger partial charge in [-0.15, -0.1) is 0 Å². The van der Waals surface area contributed by atoms with Crippen LogP contribution in [0.1, 0.15) is 25.3 Å². The normalized spacial score (nSPS) is 22.9. The summed E-state index contributed by atoms with van der Waals surface area (Å²) in [6, 6.07) is 16.5. The molecule has 2 heterocycles. The van der Waals surface area contributed by atoms with Gasteiger partial charge in [0.1, 0.15) is 5.75 Å². The van der Waals surface area contributed by atoms with Gasteiger partial charge in [0.05, 0.1) is 12.4 Å². The van der Waals surface area contributed by atoms with Crippen LogP contribution in [0.4, 0.5) is 0 Å². The Morgan fingerprint density at radius 2 is 1.92 bits per heavy atom. The van der Waals surface area contributed by atoms with Crippen LogP contribution in [-0.4, -0.2) is 38.2 Å². The van der Waals surface area contributed by atoms with Crippen molar-refractivity contribution in [2.24, 2.45) is 0 Å². The summed E-state index contributed by atoms with van der Waals surface area (Å²) >= 11 is 0. The smallest absolute Gasteiger partial charge is 0.214 e. The summed E-state index contributed by atoms with van der Waals surface area (Å²) in [6.45, 7) is 3.59. The van der Waals surface area contributed by atoms with E-state index >= 15 is 0 Å². The van der Waals surface area contributed by atoms with Crippen molar-refractivity contribution in [3.63, 3.8) is 0 Å². The van der Waals surface area contributed by atoms with Crippen LogP contribution in [0.5, 0.6) is 5.75 Å². The molecule has 2 aliphatic rings. The van der Waals surface area contributed by atoms with Crippen LogP contribution in [0, 0.1) is 0 Å². The molecule has 4 rings (SSSR count). The summed E-state index contributed by atoms with van der Waals surface area (Å²) in [5, 5.41) is 0. The minimum Gasteiger partial charge on any atom is -0.492 e. The van der Waals surface area contributed by atoms with E-state index in [0.717, 1.165) is 23.3 Å². The highest BCUT2D eigenvalue weighted by Crippen LogP contribution is 2.46. The highest BCUT2D eigenvalue weighted by Gasteiger charge is 2.48. The Bertz CT molecular complexity index is 879. The molecule has 0 bridgehead atoms. The minimum atomic E-state index is -3.16. The van der Waals surface area contributed by atoms with Crippen molar-refractivity contribution in [2.75, 3.05) is 25.4 Å². The van der Waals surface area contributed by atoms with E-state index in [9.17, 15) is 8.42 Å². The van der Waals surface area contributed by atoms with Gasteiger partial charge in [-0.2, -0.15) is 0 Å². The van der Waals surface area contributed by atoms with Gasteiger partial charge in [0.15, 0.2) is 0 Å². The lowest BCUT2D eigenvalue weighted by Gasteiger charge is -2.23. The second-order valence-electron chi connectivity index (χ2n) is 7.05. The molecule has 0 unspecified atom stereocenters. The Labute approximate surface area is 149 Å². The number of hydrogen-bond donors (Lipinski definition) is 0. The Kier molecular flexibility index (Phi) is 4.08. The first-order valence-electron chi connectivity index (χ1n) is 8.85. The molecule has 5 heteroatoms. The van der Waals surface area contributed by atoms with Crippen molar-refractivity contribution in [3.05, 3.63) is 54.1 Å². The van der Waals surface area contributed by atoms with Crippen LogP contribution in [0.15, 0.2) is 48.5 Å². The third-order valence-corrected chi connectivity index (χ3v) is 7.36. The lowest BCUT2D eigenvalue weighted by Crippen LogP contribution is -2.36. The lowest BCUT2D eigenvalue weighted by atomic mass is 9.81. The monoisotopic (exact) mass is 357 g/mol. The maximum absolute atomic E-state index is 12.5. The summed E-state index contributed by atoms with van der Waals surface area (Å²) in [4.78, 5) is 0. The van der Waals surface area contributed by atoms with Crippen molar-refractivity contribution in [1.29, 1.82) is 0 Å². The Balaban J connectivity index is 1.68. The molecule has 1 spiro atoms. The largest absolute Gasteiger partial charge is 0.492 e. The van der Waals surface area contributed by atoms with Crippen molar-refractivity contribution >= 4 is 10.0 Å². The van der Waals surface area contributed by atoms with E-state index in [1.54, 1.807) is 4.31 Å². The summed E-state index contributed by atoms with van der Waals surface area (Å²) in [5.74, 6) is 1.12. The van der Waals surface area contributed by atoms with E-state index in [4.69, 9.17) is 4.74 Å². The molecule has 4 nitrogen and oxygen atoms in total. The molecule has 1 atom stereocenters. The molecule has 2 aliphatic heterocycles. The second kappa shape index (κ2) is 6.15. The molecule has 0 aromatic heterocycles. The predicted octanol–water partition coefficient (Wildman–Crippen LogP) is 3.43. The number of fused-ring (bicyclic) bond motifs is 2. The quantitative estimate of drug-likeness (QED) is 0.842. The number of sulfonamides is 1. The molecule has 25 heavy (non-hydrogen) atoms. The zero-order chi connectivity index (χ0) is 17.5. The molecule has 2 aromatic rings. The summed E-state index contributed by atoms with van der Waals surface area (Å²) < 4.78 is 32.5. The molecule has 0 amide bonds. The second-order valence-corrected chi connectivity index (χ2v) is 9.13. The number of ether oxygens (including phenoxy) is 1. The SMILES string of the molecule is CCCS(=O)(=O)N1CC[C@]2(COc3ccc(-c4ccccc4)cc32)C1. The van der Waals surface area contributed by atoms with E-state index in [2.05, 4.69) is 24.3 Å².